The van der Waals surface area contributed by atoms with Crippen molar-refractivity contribution in [3.05, 3.63) is 29.8 Å². The summed E-state index contributed by atoms with van der Waals surface area (Å²) < 4.78 is 10.3. The van der Waals surface area contributed by atoms with Gasteiger partial charge in [-0.1, -0.05) is 32.9 Å². The first-order valence-electron chi connectivity index (χ1n) is 6.32. The molecule has 1 rings (SSSR count). The van der Waals surface area contributed by atoms with Crippen LogP contribution in [-0.4, -0.2) is 19.2 Å². The zero-order valence-corrected chi connectivity index (χ0v) is 11.7. The van der Waals surface area contributed by atoms with E-state index in [4.69, 9.17) is 9.47 Å². The Morgan fingerprint density at radius 2 is 1.78 bits per heavy atom. The molecule has 0 aliphatic heterocycles. The molecule has 0 aliphatic carbocycles. The summed E-state index contributed by atoms with van der Waals surface area (Å²) in [4.78, 5) is 10.6. The monoisotopic (exact) mass is 250 g/mol. The standard InChI is InChI=1S/C15H22O3/c1-5-15(3,4)13-6-8-14(9-7-13)18-11-10-17-12(2)16/h6-9H,5,10-11H2,1-4H3. The molecule has 0 aliphatic rings. The van der Waals surface area contributed by atoms with Crippen LogP contribution in [-0.2, 0) is 14.9 Å². The van der Waals surface area contributed by atoms with E-state index in [2.05, 4.69) is 32.9 Å². The zero-order chi connectivity index (χ0) is 13.6. The molecule has 0 saturated heterocycles. The summed E-state index contributed by atoms with van der Waals surface area (Å²) in [5.74, 6) is 0.524. The highest BCUT2D eigenvalue weighted by Gasteiger charge is 2.17. The lowest BCUT2D eigenvalue weighted by Crippen LogP contribution is -2.15. The maximum absolute atomic E-state index is 10.6. The van der Waals surface area contributed by atoms with Gasteiger partial charge >= 0.3 is 5.97 Å². The molecule has 18 heavy (non-hydrogen) atoms. The van der Waals surface area contributed by atoms with E-state index < -0.39 is 0 Å². The van der Waals surface area contributed by atoms with E-state index in [1.54, 1.807) is 0 Å². The van der Waals surface area contributed by atoms with Gasteiger partial charge in [-0.15, -0.1) is 0 Å². The van der Waals surface area contributed by atoms with Gasteiger partial charge in [-0.25, -0.2) is 0 Å². The van der Waals surface area contributed by atoms with Crippen molar-refractivity contribution in [1.82, 2.24) is 0 Å². The molecule has 3 nitrogen and oxygen atoms in total. The van der Waals surface area contributed by atoms with E-state index >= 15 is 0 Å². The van der Waals surface area contributed by atoms with Crippen molar-refractivity contribution in [2.75, 3.05) is 13.2 Å². The van der Waals surface area contributed by atoms with Gasteiger partial charge < -0.3 is 9.47 Å². The fraction of sp³-hybridized carbons (Fsp3) is 0.533. The second-order valence-corrected chi connectivity index (χ2v) is 4.95. The molecule has 0 unspecified atom stereocenters. The predicted molar refractivity (Wildman–Crippen MR) is 71.9 cm³/mol. The highest BCUT2D eigenvalue weighted by atomic mass is 16.6. The summed E-state index contributed by atoms with van der Waals surface area (Å²) in [6, 6.07) is 8.09. The Morgan fingerprint density at radius 1 is 1.17 bits per heavy atom. The van der Waals surface area contributed by atoms with Gasteiger partial charge in [0.1, 0.15) is 19.0 Å². The van der Waals surface area contributed by atoms with Crippen LogP contribution >= 0.6 is 0 Å². The van der Waals surface area contributed by atoms with E-state index in [0.29, 0.717) is 6.61 Å². The summed E-state index contributed by atoms with van der Waals surface area (Å²) >= 11 is 0. The molecule has 0 fully saturated rings. The van der Waals surface area contributed by atoms with Gasteiger partial charge in [-0.3, -0.25) is 4.79 Å². The summed E-state index contributed by atoms with van der Waals surface area (Å²) in [5, 5.41) is 0. The fourth-order valence-corrected chi connectivity index (χ4v) is 1.55. The molecule has 0 aromatic heterocycles. The Hall–Kier alpha value is -1.51. The molecule has 100 valence electrons. The van der Waals surface area contributed by atoms with Gasteiger partial charge in [0.25, 0.3) is 0 Å². The maximum Gasteiger partial charge on any atom is 0.302 e. The Kier molecular flexibility index (Phi) is 5.20. The predicted octanol–water partition coefficient (Wildman–Crippen LogP) is 3.32. The molecular weight excluding hydrogens is 228 g/mol. The first-order chi connectivity index (χ1) is 8.45. The molecule has 0 atom stereocenters. The van der Waals surface area contributed by atoms with Crippen molar-refractivity contribution < 1.29 is 14.3 Å². The smallest absolute Gasteiger partial charge is 0.302 e. The molecule has 1 aromatic rings. The number of benzene rings is 1. The number of carbonyl (C=O) groups is 1. The third kappa shape index (κ3) is 4.40. The quantitative estimate of drug-likeness (QED) is 0.574. The van der Waals surface area contributed by atoms with Crippen molar-refractivity contribution in [1.29, 1.82) is 0 Å². The van der Waals surface area contributed by atoms with E-state index in [1.807, 2.05) is 12.1 Å². The number of rotatable bonds is 6. The second-order valence-electron chi connectivity index (χ2n) is 4.95. The van der Waals surface area contributed by atoms with Crippen LogP contribution in [0.2, 0.25) is 0 Å². The minimum Gasteiger partial charge on any atom is -0.490 e. The van der Waals surface area contributed by atoms with Crippen molar-refractivity contribution >= 4 is 5.97 Å². The third-order valence-electron chi connectivity index (χ3n) is 3.18. The van der Waals surface area contributed by atoms with Crippen molar-refractivity contribution in [2.24, 2.45) is 0 Å². The minimum absolute atomic E-state index is 0.191. The number of carbonyl (C=O) groups excluding carboxylic acids is 1. The molecule has 0 saturated carbocycles. The summed E-state index contributed by atoms with van der Waals surface area (Å²) in [5.41, 5.74) is 1.49. The number of ether oxygens (including phenoxy) is 2. The van der Waals surface area contributed by atoms with Crippen LogP contribution in [0.25, 0.3) is 0 Å². The Bertz CT molecular complexity index is 379. The van der Waals surface area contributed by atoms with Crippen LogP contribution < -0.4 is 4.74 Å². The molecule has 3 heteroatoms. The highest BCUT2D eigenvalue weighted by molar-refractivity contribution is 5.65. The molecular formula is C15H22O3. The number of esters is 1. The zero-order valence-electron chi connectivity index (χ0n) is 11.7. The van der Waals surface area contributed by atoms with Gasteiger partial charge in [0.15, 0.2) is 0 Å². The van der Waals surface area contributed by atoms with Gasteiger partial charge in [-0.05, 0) is 29.5 Å². The first-order valence-corrected chi connectivity index (χ1v) is 6.32. The van der Waals surface area contributed by atoms with Crippen LogP contribution in [0.3, 0.4) is 0 Å². The number of hydrogen-bond acceptors (Lipinski definition) is 3. The molecule has 0 N–H and O–H groups in total. The molecule has 0 radical (unpaired) electrons. The van der Waals surface area contributed by atoms with Crippen LogP contribution in [0.15, 0.2) is 24.3 Å². The average Bonchev–Trinajstić information content (AvgIpc) is 2.35. The largest absolute Gasteiger partial charge is 0.490 e. The first kappa shape index (κ1) is 14.6. The molecule has 0 amide bonds. The Labute approximate surface area is 109 Å². The number of hydrogen-bond donors (Lipinski definition) is 0. The molecule has 0 heterocycles. The van der Waals surface area contributed by atoms with E-state index in [-0.39, 0.29) is 18.0 Å². The van der Waals surface area contributed by atoms with E-state index in [9.17, 15) is 4.79 Å². The van der Waals surface area contributed by atoms with E-state index in [0.717, 1.165) is 12.2 Å². The van der Waals surface area contributed by atoms with Crippen LogP contribution in [0.5, 0.6) is 5.75 Å². The fourth-order valence-electron chi connectivity index (χ4n) is 1.55. The lowest BCUT2D eigenvalue weighted by molar-refractivity contribution is -0.141. The van der Waals surface area contributed by atoms with Crippen LogP contribution in [0.1, 0.15) is 39.7 Å². The molecule has 0 bridgehead atoms. The van der Waals surface area contributed by atoms with Crippen LogP contribution in [0, 0.1) is 0 Å². The van der Waals surface area contributed by atoms with Gasteiger partial charge in [0.2, 0.25) is 0 Å². The Balaban J connectivity index is 2.48. The lowest BCUT2D eigenvalue weighted by atomic mass is 9.82. The highest BCUT2D eigenvalue weighted by Crippen LogP contribution is 2.27. The van der Waals surface area contributed by atoms with Gasteiger partial charge in [0, 0.05) is 6.92 Å². The maximum atomic E-state index is 10.6. The Morgan fingerprint density at radius 3 is 2.28 bits per heavy atom. The summed E-state index contributed by atoms with van der Waals surface area (Å²) in [6.07, 6.45) is 1.10. The van der Waals surface area contributed by atoms with Crippen molar-refractivity contribution in [3.63, 3.8) is 0 Å². The molecule has 0 spiro atoms. The summed E-state index contributed by atoms with van der Waals surface area (Å²) in [7, 11) is 0. The topological polar surface area (TPSA) is 35.5 Å². The third-order valence-corrected chi connectivity index (χ3v) is 3.18. The summed E-state index contributed by atoms with van der Waals surface area (Å²) in [6.45, 7) is 8.70. The van der Waals surface area contributed by atoms with Crippen LogP contribution in [0.4, 0.5) is 0 Å². The SMILES string of the molecule is CCC(C)(C)c1ccc(OCCOC(C)=O)cc1. The van der Waals surface area contributed by atoms with Crippen molar-refractivity contribution in [2.45, 2.75) is 39.5 Å². The molecule has 1 aromatic carbocycles. The van der Waals surface area contributed by atoms with E-state index in [1.165, 1.54) is 12.5 Å². The van der Waals surface area contributed by atoms with Gasteiger partial charge in [-0.2, -0.15) is 0 Å². The average molecular weight is 250 g/mol. The second kappa shape index (κ2) is 6.43. The minimum atomic E-state index is -0.279. The normalized spacial score (nSPS) is 11.1. The van der Waals surface area contributed by atoms with Gasteiger partial charge in [0.05, 0.1) is 0 Å². The lowest BCUT2D eigenvalue weighted by Gasteiger charge is -2.23. The van der Waals surface area contributed by atoms with Crippen molar-refractivity contribution in [3.8, 4) is 5.75 Å².